The summed E-state index contributed by atoms with van der Waals surface area (Å²) >= 11 is 0.975. The smallest absolute Gasteiger partial charge is 0.416 e. The standard InChI is InChI=1S/C27H30F3N5O5S2.CH2O2/c1-17(19-7-4-5-8-20(19)27(28,29)30)40-23-14-24(41-25(23)26(31)36)35-16-32-21-10-9-18(13-22(21)35)15-34(42(37,38)39)12-6-11-33(2)3;2-1-3/h4-5,7-10,13-14,16-17H,6,11-12,15H2,1-3H3,(H2,31,36)(H,37,38,39);1H,(H,2,3)/t17-;/m1./s1. The minimum atomic E-state index is -4.59. The monoisotopic (exact) mass is 671 g/mol. The van der Waals surface area contributed by atoms with Crippen LogP contribution in [-0.4, -0.2) is 76.4 Å². The highest BCUT2D eigenvalue weighted by Gasteiger charge is 2.35. The van der Waals surface area contributed by atoms with Crippen molar-refractivity contribution in [1.29, 1.82) is 0 Å². The van der Waals surface area contributed by atoms with Gasteiger partial charge in [0.05, 0.1) is 16.6 Å². The average molecular weight is 672 g/mol. The summed E-state index contributed by atoms with van der Waals surface area (Å²) < 4.78 is 83.0. The second-order valence-corrected chi connectivity index (χ2v) is 12.4. The fourth-order valence-corrected chi connectivity index (χ4v) is 6.07. The molecule has 0 saturated carbocycles. The Morgan fingerprint density at radius 2 is 1.84 bits per heavy atom. The van der Waals surface area contributed by atoms with E-state index < -0.39 is 34.1 Å². The molecule has 1 atom stereocenters. The molecule has 45 heavy (non-hydrogen) atoms. The van der Waals surface area contributed by atoms with Gasteiger partial charge in [-0.3, -0.25) is 18.7 Å². The van der Waals surface area contributed by atoms with Crippen molar-refractivity contribution in [2.75, 3.05) is 27.2 Å². The number of hydrogen-bond acceptors (Lipinski definition) is 8. The molecule has 244 valence electrons. The highest BCUT2D eigenvalue weighted by atomic mass is 32.2. The summed E-state index contributed by atoms with van der Waals surface area (Å²) in [6.07, 6.45) is -3.65. The number of carbonyl (C=O) groups excluding carboxylic acids is 1. The molecule has 4 N–H and O–H groups in total. The van der Waals surface area contributed by atoms with E-state index in [0.717, 1.165) is 21.7 Å². The second kappa shape index (κ2) is 14.8. The Bertz CT molecular complexity index is 1740. The number of ether oxygens (including phenoxy) is 1. The Morgan fingerprint density at radius 1 is 1.18 bits per heavy atom. The number of benzene rings is 2. The topological polar surface area (TPSA) is 168 Å². The molecule has 0 bridgehead atoms. The molecule has 4 rings (SSSR count). The Labute approximate surface area is 261 Å². The van der Waals surface area contributed by atoms with Crippen LogP contribution in [0.3, 0.4) is 0 Å². The largest absolute Gasteiger partial charge is 0.484 e. The number of imidazole rings is 1. The quantitative estimate of drug-likeness (QED) is 0.144. The predicted octanol–water partition coefficient (Wildman–Crippen LogP) is 4.60. The lowest BCUT2D eigenvalue weighted by molar-refractivity contribution is -0.139. The van der Waals surface area contributed by atoms with Crippen LogP contribution in [0.5, 0.6) is 5.75 Å². The van der Waals surface area contributed by atoms with Gasteiger partial charge in [-0.25, -0.2) is 4.98 Å². The van der Waals surface area contributed by atoms with Crippen LogP contribution < -0.4 is 10.5 Å². The van der Waals surface area contributed by atoms with Crippen LogP contribution in [0, 0.1) is 0 Å². The number of alkyl halides is 3. The Balaban J connectivity index is 0.00000177. The van der Waals surface area contributed by atoms with Crippen LogP contribution in [0.4, 0.5) is 13.2 Å². The Morgan fingerprint density at radius 3 is 2.44 bits per heavy atom. The van der Waals surface area contributed by atoms with Crippen LogP contribution in [-0.2, 0) is 27.8 Å². The summed E-state index contributed by atoms with van der Waals surface area (Å²) in [4.78, 5) is 26.9. The van der Waals surface area contributed by atoms with Gasteiger partial charge in [-0.05, 0) is 57.7 Å². The molecule has 0 spiro atoms. The first-order chi connectivity index (χ1) is 21.1. The molecule has 0 unspecified atom stereocenters. The van der Waals surface area contributed by atoms with E-state index >= 15 is 0 Å². The van der Waals surface area contributed by atoms with E-state index in [1.807, 2.05) is 19.0 Å². The van der Waals surface area contributed by atoms with Crippen molar-refractivity contribution in [1.82, 2.24) is 18.8 Å². The predicted molar refractivity (Wildman–Crippen MR) is 162 cm³/mol. The molecule has 1 amide bonds. The minimum absolute atomic E-state index is 0.0118. The van der Waals surface area contributed by atoms with Gasteiger partial charge in [-0.15, -0.1) is 11.3 Å². The molecule has 0 saturated heterocycles. The second-order valence-electron chi connectivity index (χ2n) is 10.00. The van der Waals surface area contributed by atoms with Crippen molar-refractivity contribution < 1.29 is 45.6 Å². The van der Waals surface area contributed by atoms with Crippen molar-refractivity contribution in [2.24, 2.45) is 5.73 Å². The molecule has 0 aliphatic heterocycles. The molecule has 2 aromatic heterocycles. The third-order valence-corrected chi connectivity index (χ3v) is 8.56. The Hall–Kier alpha value is -4.03. The minimum Gasteiger partial charge on any atom is -0.484 e. The molecular formula is C28H32F3N5O7S2. The van der Waals surface area contributed by atoms with Crippen molar-refractivity contribution in [3.63, 3.8) is 0 Å². The van der Waals surface area contributed by atoms with Gasteiger partial charge in [0.1, 0.15) is 28.1 Å². The van der Waals surface area contributed by atoms with Crippen LogP contribution in [0.2, 0.25) is 0 Å². The summed E-state index contributed by atoms with van der Waals surface area (Å²) in [5.41, 5.74) is 6.35. The number of aromatic nitrogens is 2. The van der Waals surface area contributed by atoms with Gasteiger partial charge in [0, 0.05) is 24.7 Å². The summed E-state index contributed by atoms with van der Waals surface area (Å²) in [5, 5.41) is 7.34. The van der Waals surface area contributed by atoms with E-state index in [9.17, 15) is 30.9 Å². The number of fused-ring (bicyclic) bond motifs is 1. The maximum absolute atomic E-state index is 13.6. The zero-order valence-corrected chi connectivity index (χ0v) is 26.1. The van der Waals surface area contributed by atoms with E-state index in [-0.39, 0.29) is 35.8 Å². The normalized spacial score (nSPS) is 12.6. The van der Waals surface area contributed by atoms with Crippen molar-refractivity contribution >= 4 is 45.1 Å². The lowest BCUT2D eigenvalue weighted by Crippen LogP contribution is -2.32. The molecule has 12 nitrogen and oxygen atoms in total. The van der Waals surface area contributed by atoms with Crippen LogP contribution in [0.1, 0.15) is 45.8 Å². The van der Waals surface area contributed by atoms with E-state index in [4.69, 9.17) is 20.4 Å². The van der Waals surface area contributed by atoms with Crippen LogP contribution in [0.25, 0.3) is 16.0 Å². The van der Waals surface area contributed by atoms with Crippen molar-refractivity contribution in [2.45, 2.75) is 32.2 Å². The SMILES string of the molecule is C[C@@H](Oc1cc(-n2cnc3ccc(CN(CCCN(C)C)S(=O)(=O)O)cc32)sc1C(N)=O)c1ccccc1C(F)(F)F.O=CO. The van der Waals surface area contributed by atoms with E-state index in [1.165, 1.54) is 37.5 Å². The number of carboxylic acid groups (broad SMARTS) is 1. The van der Waals surface area contributed by atoms with Gasteiger partial charge in [0.25, 0.3) is 12.4 Å². The molecular weight excluding hydrogens is 639 g/mol. The lowest BCUT2D eigenvalue weighted by atomic mass is 10.0. The number of nitrogens with two attached hydrogens (primary N) is 1. The van der Waals surface area contributed by atoms with Gasteiger partial charge in [-0.1, -0.05) is 24.3 Å². The summed E-state index contributed by atoms with van der Waals surface area (Å²) in [5.74, 6) is -0.799. The molecule has 0 radical (unpaired) electrons. The summed E-state index contributed by atoms with van der Waals surface area (Å²) in [6.45, 7) is 1.85. The first-order valence-corrected chi connectivity index (χ1v) is 15.5. The number of hydrogen-bond donors (Lipinski definition) is 3. The third kappa shape index (κ3) is 9.24. The number of amides is 1. The maximum atomic E-state index is 13.6. The van der Waals surface area contributed by atoms with Crippen molar-refractivity contribution in [3.8, 4) is 10.8 Å². The first kappa shape index (κ1) is 35.4. The lowest BCUT2D eigenvalue weighted by Gasteiger charge is -2.20. The summed E-state index contributed by atoms with van der Waals surface area (Å²) in [7, 11) is -0.744. The molecule has 2 aromatic carbocycles. The molecule has 0 aliphatic carbocycles. The van der Waals surface area contributed by atoms with Crippen LogP contribution >= 0.6 is 11.3 Å². The number of halogens is 3. The van der Waals surface area contributed by atoms with E-state index in [1.54, 1.807) is 22.8 Å². The molecule has 0 fully saturated rings. The highest BCUT2D eigenvalue weighted by Crippen LogP contribution is 2.39. The third-order valence-electron chi connectivity index (χ3n) is 6.46. The molecule has 17 heteroatoms. The van der Waals surface area contributed by atoms with Gasteiger partial charge in [-0.2, -0.15) is 25.9 Å². The number of primary amides is 1. The number of thiophene rings is 1. The zero-order valence-electron chi connectivity index (χ0n) is 24.4. The van der Waals surface area contributed by atoms with Gasteiger partial charge >= 0.3 is 16.5 Å². The Kier molecular flexibility index (Phi) is 11.7. The number of nitrogens with zero attached hydrogens (tertiary/aromatic N) is 4. The fraction of sp³-hybridized carbons (Fsp3) is 0.321. The molecule has 4 aromatic rings. The molecule has 0 aliphatic rings. The molecule has 2 heterocycles. The van der Waals surface area contributed by atoms with Crippen LogP contribution in [0.15, 0.2) is 54.9 Å². The number of carbonyl (C=O) groups is 2. The van der Waals surface area contributed by atoms with Crippen molar-refractivity contribution in [3.05, 3.63) is 76.4 Å². The maximum Gasteiger partial charge on any atom is 0.416 e. The van der Waals surface area contributed by atoms with Gasteiger partial charge < -0.3 is 20.5 Å². The van der Waals surface area contributed by atoms with E-state index in [2.05, 4.69) is 4.98 Å². The van der Waals surface area contributed by atoms with E-state index in [0.29, 0.717) is 34.6 Å². The van der Waals surface area contributed by atoms with Gasteiger partial charge in [0.15, 0.2) is 0 Å². The fourth-order valence-electron chi connectivity index (χ4n) is 4.47. The number of rotatable bonds is 12. The van der Waals surface area contributed by atoms with Gasteiger partial charge in [0.2, 0.25) is 0 Å². The first-order valence-electron chi connectivity index (χ1n) is 13.2. The summed E-state index contributed by atoms with van der Waals surface area (Å²) in [6, 6.07) is 11.6. The highest BCUT2D eigenvalue weighted by molar-refractivity contribution is 7.83. The zero-order chi connectivity index (χ0) is 33.5. The average Bonchev–Trinajstić information content (AvgIpc) is 3.55.